The third-order valence-corrected chi connectivity index (χ3v) is 14.0. The van der Waals surface area contributed by atoms with Gasteiger partial charge in [-0.1, -0.05) is 125 Å². The molecule has 1 aliphatic heterocycles. The number of unbranched alkanes of at least 4 members (excludes halogenated alkanes) is 11. The Morgan fingerprint density at radius 3 is 2.28 bits per heavy atom. The van der Waals surface area contributed by atoms with Crippen molar-refractivity contribution in [2.45, 2.75) is 140 Å². The number of likely N-dealkylation sites (N-methyl/N-ethyl adjacent to an activating group) is 1. The monoisotopic (exact) mass is 931 g/mol. The number of benzene rings is 3. The first kappa shape index (κ1) is 51.9. The van der Waals surface area contributed by atoms with E-state index in [1.165, 1.54) is 44.9 Å². The van der Waals surface area contributed by atoms with Gasteiger partial charge in [-0.2, -0.15) is 5.26 Å². The van der Waals surface area contributed by atoms with Crippen molar-refractivity contribution in [3.05, 3.63) is 119 Å². The normalized spacial score (nSPS) is 21.9. The van der Waals surface area contributed by atoms with Crippen LogP contribution in [0.5, 0.6) is 11.5 Å². The smallest absolute Gasteiger partial charge is 0.412 e. The van der Waals surface area contributed by atoms with Crippen LogP contribution < -0.4 is 14.8 Å². The number of amides is 2. The van der Waals surface area contributed by atoms with Crippen molar-refractivity contribution in [2.24, 2.45) is 22.9 Å². The van der Waals surface area contributed by atoms with E-state index in [1.807, 2.05) is 42.5 Å². The first-order valence-electron chi connectivity index (χ1n) is 25.3. The van der Waals surface area contributed by atoms with Gasteiger partial charge in [0.05, 0.1) is 29.9 Å². The van der Waals surface area contributed by atoms with Crippen LogP contribution in [0.1, 0.15) is 149 Å². The van der Waals surface area contributed by atoms with Gasteiger partial charge in [-0.05, 0) is 97.5 Å². The molecule has 0 radical (unpaired) electrons. The van der Waals surface area contributed by atoms with Crippen LogP contribution in [0.25, 0.3) is 0 Å². The molecular formula is C56H74N4O8. The Morgan fingerprint density at radius 2 is 1.60 bits per heavy atom. The maximum Gasteiger partial charge on any atom is 0.412 e. The molecule has 68 heavy (non-hydrogen) atoms. The van der Waals surface area contributed by atoms with Crippen molar-refractivity contribution in [3.63, 3.8) is 0 Å². The highest BCUT2D eigenvalue weighted by Crippen LogP contribution is 2.62. The Hall–Kier alpha value is -5.48. The maximum absolute atomic E-state index is 14.6. The number of rotatable bonds is 28. The maximum atomic E-state index is 14.6. The largest absolute Gasteiger partial charge is 0.459 e. The topological polar surface area (TPSA) is 163 Å². The minimum atomic E-state index is -1.45. The van der Waals surface area contributed by atoms with E-state index in [-0.39, 0.29) is 56.5 Å². The van der Waals surface area contributed by atoms with Crippen LogP contribution in [0, 0.1) is 29.1 Å². The lowest BCUT2D eigenvalue weighted by Crippen LogP contribution is -2.69. The molecule has 6 unspecified atom stereocenters. The number of nitrogens with one attached hydrogen (secondary N) is 1. The van der Waals surface area contributed by atoms with Crippen molar-refractivity contribution < 1.29 is 38.9 Å². The average molecular weight is 931 g/mol. The Bertz CT molecular complexity index is 2170. The Kier molecular flexibility index (Phi) is 20.5. The summed E-state index contributed by atoms with van der Waals surface area (Å²) in [6.07, 6.45) is 20.2. The fourth-order valence-electron chi connectivity index (χ4n) is 10.5. The van der Waals surface area contributed by atoms with E-state index < -0.39 is 23.8 Å². The predicted molar refractivity (Wildman–Crippen MR) is 265 cm³/mol. The summed E-state index contributed by atoms with van der Waals surface area (Å²) < 4.78 is 20.3. The summed E-state index contributed by atoms with van der Waals surface area (Å²) in [6, 6.07) is 23.3. The van der Waals surface area contributed by atoms with Crippen LogP contribution in [-0.2, 0) is 16.2 Å². The molecule has 2 aliphatic carbocycles. The highest BCUT2D eigenvalue weighted by molar-refractivity contribution is 6.03. The lowest BCUT2D eigenvalue weighted by atomic mass is 9.55. The number of ether oxygens (including phenoxy) is 3. The molecule has 0 bridgehead atoms. The van der Waals surface area contributed by atoms with E-state index in [0.717, 1.165) is 61.6 Å². The second-order valence-corrected chi connectivity index (χ2v) is 18.6. The molecule has 1 saturated carbocycles. The van der Waals surface area contributed by atoms with Crippen LogP contribution in [0.15, 0.2) is 102 Å². The molecule has 3 N–H and O–H groups in total. The second kappa shape index (κ2) is 26.9. The van der Waals surface area contributed by atoms with E-state index in [1.54, 1.807) is 48.4 Å². The van der Waals surface area contributed by atoms with Gasteiger partial charge in [0, 0.05) is 50.3 Å². The summed E-state index contributed by atoms with van der Waals surface area (Å²) in [5.41, 5.74) is 4.23. The number of hydrogen-bond donors (Lipinski definition) is 3. The zero-order valence-electron chi connectivity index (χ0n) is 40.4. The molecule has 3 aromatic rings. The Balaban J connectivity index is 1.38. The van der Waals surface area contributed by atoms with Crippen LogP contribution >= 0.6 is 0 Å². The number of allylic oxidation sites excluding steroid dienone is 1. The van der Waals surface area contributed by atoms with E-state index in [4.69, 9.17) is 24.2 Å². The Labute approximate surface area is 404 Å². The van der Waals surface area contributed by atoms with Crippen molar-refractivity contribution in [1.82, 2.24) is 10.2 Å². The van der Waals surface area contributed by atoms with E-state index in [0.29, 0.717) is 47.7 Å². The summed E-state index contributed by atoms with van der Waals surface area (Å²) in [5, 5.41) is 37.3. The van der Waals surface area contributed by atoms with Gasteiger partial charge in [-0.25, -0.2) is 4.79 Å². The number of hydrogen-bond acceptors (Lipinski definition) is 10. The molecule has 12 nitrogen and oxygen atoms in total. The number of nitrogens with zero attached hydrogens (tertiary/aromatic N) is 3. The average Bonchev–Trinajstić information content (AvgIpc) is 3.36. The number of aliphatic hydroxyl groups excluding tert-OH is 2. The van der Waals surface area contributed by atoms with Gasteiger partial charge in [0.15, 0.2) is 0 Å². The third kappa shape index (κ3) is 13.4. The quantitative estimate of drug-likeness (QED) is 0.0365. The van der Waals surface area contributed by atoms with Gasteiger partial charge in [0.25, 0.3) is 5.91 Å². The molecule has 366 valence electrons. The molecule has 0 spiro atoms. The number of fused-ring (bicyclic) bond motifs is 2. The molecular weight excluding hydrogens is 857 g/mol. The highest BCUT2D eigenvalue weighted by Gasteiger charge is 2.65. The zero-order valence-corrected chi connectivity index (χ0v) is 40.4. The zero-order chi connectivity index (χ0) is 48.1. The van der Waals surface area contributed by atoms with Crippen LogP contribution in [0.4, 0.5) is 4.79 Å². The van der Waals surface area contributed by atoms with Crippen LogP contribution in [-0.4, -0.2) is 78.1 Å². The highest BCUT2D eigenvalue weighted by atomic mass is 16.7. The molecule has 3 aromatic carbocycles. The van der Waals surface area contributed by atoms with E-state index in [9.17, 15) is 25.1 Å². The summed E-state index contributed by atoms with van der Waals surface area (Å²) in [6.45, 7) is 7.29. The minimum absolute atomic E-state index is 0.00598. The number of carbonyl (C=O) groups is 2. The summed E-state index contributed by atoms with van der Waals surface area (Å²) in [5.74, 6) is -1.59. The first-order valence-corrected chi connectivity index (χ1v) is 25.3. The van der Waals surface area contributed by atoms with E-state index in [2.05, 4.69) is 31.0 Å². The van der Waals surface area contributed by atoms with Gasteiger partial charge in [0.1, 0.15) is 24.1 Å². The van der Waals surface area contributed by atoms with Crippen LogP contribution in [0.2, 0.25) is 0 Å². The summed E-state index contributed by atoms with van der Waals surface area (Å²) >= 11 is 0. The molecule has 1 heterocycles. The number of aliphatic hydroxyl groups is 2. The third-order valence-electron chi connectivity index (χ3n) is 14.0. The standard InChI is InChI=1S/C56H74N4O8/c1-4-6-7-8-9-10-11-12-13-19-32-58-55(64)67-45-30-31-50-48(37-45)52-46(25-18-21-34-62)44(24-17-20-33-61)36-47-49(59-66-40-42-22-15-14-16-23-42)38-51(56(68-50,53(47)52)65-35-5-2)60(3)54(63)43-28-26-41(39-57)27-29-43/h5,14-16,22-23,26-31,36-37,44,46,51-53,61-62H,2,4,6-13,17-21,24-25,32-35,38,40H2,1,3H3,(H,58,64). The SMILES string of the molecule is C=CCOC12Oc3ccc(OC(=O)NCCCCCCCCCCCC)cc3C3C(CCCCO)C(CCCCO)C=C(C(=NOCc4ccccc4)CC1N(C)C(=O)c1ccc(C#N)cc1)C32. The van der Waals surface area contributed by atoms with Crippen molar-refractivity contribution in [3.8, 4) is 17.6 Å². The second-order valence-electron chi connectivity index (χ2n) is 18.6. The number of carbonyl (C=O) groups excluding carboxylic acids is 2. The fourth-order valence-corrected chi connectivity index (χ4v) is 10.5. The first-order chi connectivity index (χ1) is 33.3. The lowest BCUT2D eigenvalue weighted by molar-refractivity contribution is -0.252. The van der Waals surface area contributed by atoms with Crippen molar-refractivity contribution in [1.29, 1.82) is 5.26 Å². The molecule has 12 heteroatoms. The molecule has 1 fully saturated rings. The van der Waals surface area contributed by atoms with E-state index >= 15 is 0 Å². The molecule has 6 rings (SSSR count). The Morgan fingerprint density at radius 1 is 0.912 bits per heavy atom. The predicted octanol–water partition coefficient (Wildman–Crippen LogP) is 11.2. The number of nitriles is 1. The lowest BCUT2D eigenvalue weighted by Gasteiger charge is -2.59. The molecule has 2 amide bonds. The molecule has 3 aliphatic rings. The van der Waals surface area contributed by atoms with Crippen molar-refractivity contribution in [2.75, 3.05) is 33.4 Å². The van der Waals surface area contributed by atoms with Gasteiger partial charge in [-0.3, -0.25) is 4.79 Å². The fraction of sp³-hybridized carbons (Fsp3) is 0.536. The van der Waals surface area contributed by atoms with Gasteiger partial charge in [-0.15, -0.1) is 6.58 Å². The molecule has 6 atom stereocenters. The van der Waals surface area contributed by atoms with Gasteiger partial charge >= 0.3 is 6.09 Å². The van der Waals surface area contributed by atoms with Crippen LogP contribution in [0.3, 0.4) is 0 Å². The molecule has 0 aromatic heterocycles. The minimum Gasteiger partial charge on any atom is -0.459 e. The van der Waals surface area contributed by atoms with Gasteiger partial charge < -0.3 is 39.5 Å². The van der Waals surface area contributed by atoms with Crippen molar-refractivity contribution >= 4 is 17.7 Å². The van der Waals surface area contributed by atoms with Gasteiger partial charge in [0.2, 0.25) is 5.79 Å². The molecule has 0 saturated heterocycles. The number of oxime groups is 1. The summed E-state index contributed by atoms with van der Waals surface area (Å²) in [7, 11) is 1.75. The summed E-state index contributed by atoms with van der Waals surface area (Å²) in [4.78, 5) is 35.8.